The number of para-hydroxylation sites is 2. The number of aromatic nitrogens is 2. The Kier molecular flexibility index (Phi) is 7.06. The second-order valence-corrected chi connectivity index (χ2v) is 13.4. The lowest BCUT2D eigenvalue weighted by Crippen LogP contribution is -2.05. The fraction of sp³-hybridized carbons (Fsp3) is 0. The van der Waals surface area contributed by atoms with E-state index in [4.69, 9.17) is 0 Å². The monoisotopic (exact) mass is 679 g/mol. The van der Waals surface area contributed by atoms with E-state index in [1.54, 1.807) is 6.07 Å². The van der Waals surface area contributed by atoms with Crippen molar-refractivity contribution in [2.24, 2.45) is 0 Å². The molecule has 0 aliphatic heterocycles. The largest absolute Gasteiger partial charge is 0.308 e. The summed E-state index contributed by atoms with van der Waals surface area (Å²) in [5, 5.41) is 15.6. The summed E-state index contributed by atoms with van der Waals surface area (Å²) in [6.45, 7) is 0. The minimum atomic E-state index is -0.323. The van der Waals surface area contributed by atoms with Crippen molar-refractivity contribution < 1.29 is 4.39 Å². The van der Waals surface area contributed by atoms with E-state index in [0.29, 0.717) is 28.1 Å². The summed E-state index contributed by atoms with van der Waals surface area (Å²) in [6.07, 6.45) is 0. The molecule has 8 aromatic carbocycles. The Morgan fingerprint density at radius 1 is 0.377 bits per heavy atom. The van der Waals surface area contributed by atoms with Crippen molar-refractivity contribution in [3.05, 3.63) is 193 Å². The van der Waals surface area contributed by atoms with Crippen molar-refractivity contribution in [3.63, 3.8) is 0 Å². The van der Waals surface area contributed by atoms with E-state index in [9.17, 15) is 5.26 Å². The van der Waals surface area contributed by atoms with Crippen LogP contribution in [0.25, 0.3) is 88.4 Å². The van der Waals surface area contributed by atoms with Crippen LogP contribution in [0.2, 0.25) is 0 Å². The van der Waals surface area contributed by atoms with Gasteiger partial charge in [-0.25, -0.2) is 4.39 Å². The van der Waals surface area contributed by atoms with Gasteiger partial charge in [0.1, 0.15) is 17.4 Å². The van der Waals surface area contributed by atoms with Gasteiger partial charge in [0.2, 0.25) is 0 Å². The van der Waals surface area contributed by atoms with Crippen LogP contribution in [0.15, 0.2) is 182 Å². The van der Waals surface area contributed by atoms with Gasteiger partial charge in [-0.15, -0.1) is 0 Å². The molecule has 0 fully saturated rings. The van der Waals surface area contributed by atoms with Gasteiger partial charge in [0.05, 0.1) is 33.4 Å². The highest BCUT2D eigenvalue weighted by atomic mass is 19.1. The number of benzene rings is 8. The van der Waals surface area contributed by atoms with Gasteiger partial charge in [0.25, 0.3) is 0 Å². The van der Waals surface area contributed by atoms with Crippen LogP contribution < -0.4 is 0 Å². The van der Waals surface area contributed by atoms with Crippen LogP contribution in [-0.4, -0.2) is 9.13 Å². The highest BCUT2D eigenvalue weighted by Crippen LogP contribution is 2.42. The molecule has 0 atom stereocenters. The summed E-state index contributed by atoms with van der Waals surface area (Å²) >= 11 is 0. The summed E-state index contributed by atoms with van der Waals surface area (Å²) in [5.41, 5.74) is 11.2. The predicted octanol–water partition coefficient (Wildman–Crippen LogP) is 12.9. The standard InChI is InChI=1S/C49H30FN3/c50-43-20-10-7-17-37(43)36-29-48(52-44-21-11-8-18-38(44)40-25-23-34(27-46(40)52)32-13-3-1-4-14-32)42(31-51)49(30-36)53-45-22-12-9-19-39(45)41-26-24-35(28-47(41)53)33-15-5-2-6-16-33/h1-30H. The highest BCUT2D eigenvalue weighted by molar-refractivity contribution is 6.12. The Balaban J connectivity index is 1.35. The zero-order valence-electron chi connectivity index (χ0n) is 28.5. The van der Waals surface area contributed by atoms with Crippen molar-refractivity contribution in [2.45, 2.75) is 0 Å². The molecule has 0 bridgehead atoms. The molecule has 0 N–H and O–H groups in total. The lowest BCUT2D eigenvalue weighted by molar-refractivity contribution is 0.631. The van der Waals surface area contributed by atoms with Gasteiger partial charge in [-0.3, -0.25) is 0 Å². The van der Waals surface area contributed by atoms with Crippen molar-refractivity contribution in [1.82, 2.24) is 9.13 Å². The Bertz CT molecular complexity index is 2890. The van der Waals surface area contributed by atoms with Crippen LogP contribution in [0.5, 0.6) is 0 Å². The average Bonchev–Trinajstić information content (AvgIpc) is 3.73. The third-order valence-electron chi connectivity index (χ3n) is 10.4. The molecule has 3 nitrogen and oxygen atoms in total. The number of rotatable bonds is 5. The lowest BCUT2D eigenvalue weighted by atomic mass is 9.99. The zero-order valence-corrected chi connectivity index (χ0v) is 28.5. The van der Waals surface area contributed by atoms with E-state index in [1.807, 2.05) is 84.9 Å². The predicted molar refractivity (Wildman–Crippen MR) is 216 cm³/mol. The quantitative estimate of drug-likeness (QED) is 0.178. The fourth-order valence-corrected chi connectivity index (χ4v) is 8.01. The Morgan fingerprint density at radius 2 is 0.811 bits per heavy atom. The first-order valence-electron chi connectivity index (χ1n) is 17.7. The molecule has 53 heavy (non-hydrogen) atoms. The fourth-order valence-electron chi connectivity index (χ4n) is 8.01. The molecule has 0 spiro atoms. The van der Waals surface area contributed by atoms with Gasteiger partial charge in [0.15, 0.2) is 0 Å². The lowest BCUT2D eigenvalue weighted by Gasteiger charge is -2.19. The minimum absolute atomic E-state index is 0.323. The van der Waals surface area contributed by atoms with Gasteiger partial charge >= 0.3 is 0 Å². The number of nitriles is 1. The first kappa shape index (κ1) is 30.6. The van der Waals surface area contributed by atoms with E-state index in [1.165, 1.54) is 6.07 Å². The zero-order chi connectivity index (χ0) is 35.5. The molecule has 0 unspecified atom stereocenters. The van der Waals surface area contributed by atoms with Crippen molar-refractivity contribution >= 4 is 43.6 Å². The van der Waals surface area contributed by atoms with Gasteiger partial charge < -0.3 is 9.13 Å². The van der Waals surface area contributed by atoms with E-state index < -0.39 is 0 Å². The smallest absolute Gasteiger partial charge is 0.131 e. The first-order valence-corrected chi connectivity index (χ1v) is 17.7. The van der Waals surface area contributed by atoms with Crippen LogP contribution in [0.1, 0.15) is 5.56 Å². The Morgan fingerprint density at radius 3 is 1.30 bits per heavy atom. The average molecular weight is 680 g/mol. The van der Waals surface area contributed by atoms with Gasteiger partial charge in [0, 0.05) is 27.1 Å². The SMILES string of the molecule is N#Cc1c(-n2c3ccccc3c3ccc(-c4ccccc4)cc32)cc(-c2ccccc2F)cc1-n1c2ccccc2c2ccc(-c3ccccc3)cc21. The van der Waals surface area contributed by atoms with E-state index in [2.05, 4.69) is 100 Å². The molecule has 10 aromatic rings. The summed E-state index contributed by atoms with van der Waals surface area (Å²) in [6, 6.07) is 63.8. The molecule has 2 aromatic heterocycles. The maximum Gasteiger partial charge on any atom is 0.131 e. The normalized spacial score (nSPS) is 11.5. The van der Waals surface area contributed by atoms with Crippen LogP contribution >= 0.6 is 0 Å². The molecule has 0 radical (unpaired) electrons. The summed E-state index contributed by atoms with van der Waals surface area (Å²) in [5.74, 6) is -0.323. The van der Waals surface area contributed by atoms with Crippen molar-refractivity contribution in [2.75, 3.05) is 0 Å². The van der Waals surface area contributed by atoms with Gasteiger partial charge in [-0.2, -0.15) is 5.26 Å². The number of fused-ring (bicyclic) bond motifs is 6. The van der Waals surface area contributed by atoms with Crippen LogP contribution in [0.4, 0.5) is 4.39 Å². The number of nitrogens with zero attached hydrogens (tertiary/aromatic N) is 3. The van der Waals surface area contributed by atoms with E-state index in [0.717, 1.165) is 65.9 Å². The molecule has 248 valence electrons. The molecular weight excluding hydrogens is 650 g/mol. The molecule has 0 aliphatic carbocycles. The molecular formula is C49H30FN3. The maximum atomic E-state index is 15.8. The molecule has 0 saturated carbocycles. The molecule has 4 heteroatoms. The van der Waals surface area contributed by atoms with E-state index in [-0.39, 0.29) is 5.82 Å². The van der Waals surface area contributed by atoms with E-state index >= 15 is 4.39 Å². The molecule has 10 rings (SSSR count). The minimum Gasteiger partial charge on any atom is -0.308 e. The van der Waals surface area contributed by atoms with Crippen LogP contribution in [0.3, 0.4) is 0 Å². The van der Waals surface area contributed by atoms with Gasteiger partial charge in [-0.1, -0.05) is 140 Å². The van der Waals surface area contributed by atoms with Crippen molar-refractivity contribution in [1.29, 1.82) is 5.26 Å². The molecule has 0 aliphatic rings. The second kappa shape index (κ2) is 12.2. The molecule has 2 heterocycles. The second-order valence-electron chi connectivity index (χ2n) is 13.4. The Labute approximate surface area is 305 Å². The first-order chi connectivity index (χ1) is 26.2. The summed E-state index contributed by atoms with van der Waals surface area (Å²) < 4.78 is 20.2. The molecule has 0 saturated heterocycles. The summed E-state index contributed by atoms with van der Waals surface area (Å²) in [7, 11) is 0. The highest BCUT2D eigenvalue weighted by Gasteiger charge is 2.23. The number of halogens is 1. The summed E-state index contributed by atoms with van der Waals surface area (Å²) in [4.78, 5) is 0. The number of hydrogen-bond donors (Lipinski definition) is 0. The maximum absolute atomic E-state index is 15.8. The topological polar surface area (TPSA) is 33.6 Å². The third-order valence-corrected chi connectivity index (χ3v) is 10.4. The van der Waals surface area contributed by atoms with Crippen LogP contribution in [-0.2, 0) is 0 Å². The van der Waals surface area contributed by atoms with Gasteiger partial charge in [-0.05, 0) is 70.3 Å². The van der Waals surface area contributed by atoms with Crippen LogP contribution in [0, 0.1) is 17.1 Å². The van der Waals surface area contributed by atoms with Crippen molar-refractivity contribution in [3.8, 4) is 50.8 Å². The number of hydrogen-bond acceptors (Lipinski definition) is 1. The Hall–Kier alpha value is -7.22. The third kappa shape index (κ3) is 4.87. The molecule has 0 amide bonds.